The summed E-state index contributed by atoms with van der Waals surface area (Å²) >= 11 is 1.88. The minimum atomic E-state index is 0.734. The lowest BCUT2D eigenvalue weighted by molar-refractivity contribution is 0.112. The second-order valence-corrected chi connectivity index (χ2v) is 3.93. The van der Waals surface area contributed by atoms with Gasteiger partial charge in [-0.1, -0.05) is 0 Å². The molecule has 13 heavy (non-hydrogen) atoms. The molecule has 0 atom stereocenters. The monoisotopic (exact) mass is 194 g/mol. The molecule has 3 nitrogen and oxygen atoms in total. The molecule has 1 aromatic rings. The van der Waals surface area contributed by atoms with Crippen LogP contribution in [0.1, 0.15) is 10.4 Å². The van der Waals surface area contributed by atoms with Crippen molar-refractivity contribution in [2.24, 2.45) is 0 Å². The van der Waals surface area contributed by atoms with E-state index in [2.05, 4.69) is 9.88 Å². The molecule has 0 aliphatic carbocycles. The number of aromatic nitrogens is 1. The number of nitrogens with zero attached hydrogens (tertiary/aromatic N) is 2. The van der Waals surface area contributed by atoms with Crippen LogP contribution < -0.4 is 4.90 Å². The first-order valence-corrected chi connectivity index (χ1v) is 5.29. The Hall–Kier alpha value is -1.03. The SMILES string of the molecule is O=Cc1ccncc1N1CCSC1. The molecule has 0 saturated carbocycles. The Kier molecular flexibility index (Phi) is 2.49. The molecule has 0 spiro atoms. The van der Waals surface area contributed by atoms with Crippen LogP contribution in [0.5, 0.6) is 0 Å². The van der Waals surface area contributed by atoms with Crippen LogP contribution in [0.15, 0.2) is 18.5 Å². The number of aldehydes is 1. The third kappa shape index (κ3) is 1.67. The fourth-order valence-electron chi connectivity index (χ4n) is 1.36. The van der Waals surface area contributed by atoms with Crippen molar-refractivity contribution >= 4 is 23.7 Å². The van der Waals surface area contributed by atoms with Crippen LogP contribution in [-0.2, 0) is 0 Å². The average Bonchev–Trinajstić information content (AvgIpc) is 2.70. The number of carbonyl (C=O) groups is 1. The maximum absolute atomic E-state index is 10.7. The summed E-state index contributed by atoms with van der Waals surface area (Å²) in [5.41, 5.74) is 1.69. The summed E-state index contributed by atoms with van der Waals surface area (Å²) in [7, 11) is 0. The van der Waals surface area contributed by atoms with Gasteiger partial charge in [0.1, 0.15) is 0 Å². The van der Waals surface area contributed by atoms with Gasteiger partial charge in [0.2, 0.25) is 0 Å². The van der Waals surface area contributed by atoms with Crippen LogP contribution in [0.2, 0.25) is 0 Å². The van der Waals surface area contributed by atoms with E-state index < -0.39 is 0 Å². The Morgan fingerprint density at radius 3 is 3.23 bits per heavy atom. The Morgan fingerprint density at radius 1 is 1.62 bits per heavy atom. The molecule has 2 rings (SSSR count). The molecular weight excluding hydrogens is 184 g/mol. The van der Waals surface area contributed by atoms with Crippen LogP contribution in [0.3, 0.4) is 0 Å². The van der Waals surface area contributed by atoms with Gasteiger partial charge < -0.3 is 4.90 Å². The third-order valence-electron chi connectivity index (χ3n) is 2.05. The molecular formula is C9H10N2OS. The highest BCUT2D eigenvalue weighted by Gasteiger charge is 2.15. The van der Waals surface area contributed by atoms with Crippen molar-refractivity contribution < 1.29 is 4.79 Å². The molecule has 1 saturated heterocycles. The summed E-state index contributed by atoms with van der Waals surface area (Å²) in [6.45, 7) is 1.01. The van der Waals surface area contributed by atoms with Gasteiger partial charge in [-0.25, -0.2) is 0 Å². The number of rotatable bonds is 2. The Morgan fingerprint density at radius 2 is 2.54 bits per heavy atom. The minimum Gasteiger partial charge on any atom is -0.360 e. The van der Waals surface area contributed by atoms with E-state index in [9.17, 15) is 4.79 Å². The summed E-state index contributed by atoms with van der Waals surface area (Å²) < 4.78 is 0. The number of pyridine rings is 1. The number of carbonyl (C=O) groups excluding carboxylic acids is 1. The number of thioether (sulfide) groups is 1. The normalized spacial score (nSPS) is 16.2. The van der Waals surface area contributed by atoms with Gasteiger partial charge in [0, 0.05) is 24.1 Å². The van der Waals surface area contributed by atoms with E-state index in [1.807, 2.05) is 11.8 Å². The fraction of sp³-hybridized carbons (Fsp3) is 0.333. The summed E-state index contributed by atoms with van der Waals surface area (Å²) in [5, 5.41) is 0. The highest BCUT2D eigenvalue weighted by Crippen LogP contribution is 2.24. The molecule has 1 aliphatic heterocycles. The van der Waals surface area contributed by atoms with E-state index >= 15 is 0 Å². The molecule has 1 aliphatic rings. The predicted molar refractivity (Wildman–Crippen MR) is 54.3 cm³/mol. The first-order valence-electron chi connectivity index (χ1n) is 4.13. The van der Waals surface area contributed by atoms with Gasteiger partial charge in [0.15, 0.2) is 6.29 Å². The average molecular weight is 194 g/mol. The highest BCUT2D eigenvalue weighted by molar-refractivity contribution is 7.99. The summed E-state index contributed by atoms with van der Waals surface area (Å²) in [5.74, 6) is 2.10. The molecule has 1 fully saturated rings. The fourth-order valence-corrected chi connectivity index (χ4v) is 2.33. The van der Waals surface area contributed by atoms with Crippen LogP contribution in [0.4, 0.5) is 5.69 Å². The summed E-state index contributed by atoms with van der Waals surface area (Å²) in [4.78, 5) is 16.9. The molecule has 0 aromatic carbocycles. The Labute approximate surface area is 81.1 Å². The van der Waals surface area contributed by atoms with Crippen molar-refractivity contribution in [2.45, 2.75) is 0 Å². The second kappa shape index (κ2) is 3.79. The lowest BCUT2D eigenvalue weighted by Crippen LogP contribution is -2.19. The molecule has 1 aromatic heterocycles. The lowest BCUT2D eigenvalue weighted by Gasteiger charge is -2.17. The molecule has 2 heterocycles. The zero-order valence-corrected chi connectivity index (χ0v) is 7.96. The number of anilines is 1. The van der Waals surface area contributed by atoms with E-state index in [1.54, 1.807) is 18.5 Å². The zero-order chi connectivity index (χ0) is 9.10. The van der Waals surface area contributed by atoms with Crippen LogP contribution in [0.25, 0.3) is 0 Å². The molecule has 0 unspecified atom stereocenters. The highest BCUT2D eigenvalue weighted by atomic mass is 32.2. The van der Waals surface area contributed by atoms with E-state index in [4.69, 9.17) is 0 Å². The molecule has 4 heteroatoms. The van der Waals surface area contributed by atoms with Crippen molar-refractivity contribution in [2.75, 3.05) is 23.1 Å². The molecule has 0 radical (unpaired) electrons. The van der Waals surface area contributed by atoms with E-state index in [0.717, 1.165) is 35.7 Å². The first kappa shape index (κ1) is 8.56. The van der Waals surface area contributed by atoms with Crippen molar-refractivity contribution in [3.63, 3.8) is 0 Å². The Balaban J connectivity index is 2.31. The maximum Gasteiger partial charge on any atom is 0.152 e. The lowest BCUT2D eigenvalue weighted by atomic mass is 10.2. The zero-order valence-electron chi connectivity index (χ0n) is 7.14. The third-order valence-corrected chi connectivity index (χ3v) is 3.02. The van der Waals surface area contributed by atoms with Crippen molar-refractivity contribution in [1.29, 1.82) is 0 Å². The van der Waals surface area contributed by atoms with E-state index in [-0.39, 0.29) is 0 Å². The quantitative estimate of drug-likeness (QED) is 0.666. The van der Waals surface area contributed by atoms with Crippen molar-refractivity contribution in [3.8, 4) is 0 Å². The minimum absolute atomic E-state index is 0.734. The predicted octanol–water partition coefficient (Wildman–Crippen LogP) is 1.40. The molecule has 68 valence electrons. The second-order valence-electron chi connectivity index (χ2n) is 2.85. The number of hydrogen-bond acceptors (Lipinski definition) is 4. The Bertz CT molecular complexity index is 310. The van der Waals surface area contributed by atoms with Crippen molar-refractivity contribution in [3.05, 3.63) is 24.0 Å². The topological polar surface area (TPSA) is 33.2 Å². The van der Waals surface area contributed by atoms with Gasteiger partial charge in [-0.05, 0) is 6.07 Å². The van der Waals surface area contributed by atoms with Crippen molar-refractivity contribution in [1.82, 2.24) is 4.98 Å². The van der Waals surface area contributed by atoms with E-state index in [1.165, 1.54) is 0 Å². The molecule has 0 N–H and O–H groups in total. The van der Waals surface area contributed by atoms with Crippen LogP contribution in [-0.4, -0.2) is 29.4 Å². The van der Waals surface area contributed by atoms with Crippen LogP contribution in [0, 0.1) is 0 Å². The number of hydrogen-bond donors (Lipinski definition) is 0. The maximum atomic E-state index is 10.7. The first-order chi connectivity index (χ1) is 6.42. The largest absolute Gasteiger partial charge is 0.360 e. The molecule has 0 amide bonds. The van der Waals surface area contributed by atoms with Gasteiger partial charge >= 0.3 is 0 Å². The standard InChI is InChI=1S/C9H10N2OS/c12-6-8-1-2-10-5-9(8)11-3-4-13-7-11/h1-2,5-6H,3-4,7H2. The summed E-state index contributed by atoms with van der Waals surface area (Å²) in [6.07, 6.45) is 4.30. The van der Waals surface area contributed by atoms with Gasteiger partial charge in [0.05, 0.1) is 17.8 Å². The van der Waals surface area contributed by atoms with Crippen LogP contribution >= 0.6 is 11.8 Å². The van der Waals surface area contributed by atoms with Gasteiger partial charge in [-0.2, -0.15) is 0 Å². The van der Waals surface area contributed by atoms with Gasteiger partial charge in [-0.3, -0.25) is 9.78 Å². The summed E-state index contributed by atoms with van der Waals surface area (Å²) in [6, 6.07) is 1.76. The van der Waals surface area contributed by atoms with E-state index in [0.29, 0.717) is 0 Å². The van der Waals surface area contributed by atoms with Gasteiger partial charge in [-0.15, -0.1) is 11.8 Å². The molecule has 0 bridgehead atoms. The smallest absolute Gasteiger partial charge is 0.152 e. The van der Waals surface area contributed by atoms with Gasteiger partial charge in [0.25, 0.3) is 0 Å².